The van der Waals surface area contributed by atoms with E-state index in [0.717, 1.165) is 16.8 Å². The van der Waals surface area contributed by atoms with E-state index in [1.165, 1.54) is 4.90 Å². The van der Waals surface area contributed by atoms with Gasteiger partial charge in [-0.1, -0.05) is 35.9 Å². The van der Waals surface area contributed by atoms with Crippen LogP contribution >= 0.6 is 0 Å². The maximum Gasteiger partial charge on any atom is 0.259 e. The van der Waals surface area contributed by atoms with Crippen molar-refractivity contribution >= 4 is 28.9 Å². The van der Waals surface area contributed by atoms with Gasteiger partial charge >= 0.3 is 0 Å². The van der Waals surface area contributed by atoms with E-state index >= 15 is 0 Å². The van der Waals surface area contributed by atoms with Crippen LogP contribution in [-0.2, 0) is 9.59 Å². The number of fused-ring (bicyclic) bond motifs is 1. The number of imide groups is 1. The summed E-state index contributed by atoms with van der Waals surface area (Å²) in [4.78, 5) is 28.3. The molecule has 3 aromatic carbocycles. The monoisotopic (exact) mass is 411 g/mol. The summed E-state index contributed by atoms with van der Waals surface area (Å²) < 4.78 is 5.25. The zero-order valence-corrected chi connectivity index (χ0v) is 17.2. The zero-order chi connectivity index (χ0) is 21.5. The summed E-state index contributed by atoms with van der Waals surface area (Å²) >= 11 is 0. The maximum absolute atomic E-state index is 13.5. The number of aryl methyl sites for hydroxylation is 1. The predicted octanol–water partition coefficient (Wildman–Crippen LogP) is 3.79. The lowest BCUT2D eigenvalue weighted by Crippen LogP contribution is -2.39. The number of anilines is 2. The highest BCUT2D eigenvalue weighted by atomic mass is 16.5. The van der Waals surface area contributed by atoms with E-state index in [4.69, 9.17) is 9.84 Å². The second-order valence-corrected chi connectivity index (χ2v) is 7.66. The fourth-order valence-corrected chi connectivity index (χ4v) is 4.16. The van der Waals surface area contributed by atoms with Crippen LogP contribution in [0.4, 0.5) is 11.4 Å². The molecule has 154 valence electrons. The minimum atomic E-state index is -0.715. The van der Waals surface area contributed by atoms with Crippen molar-refractivity contribution in [3.05, 3.63) is 90.0 Å². The summed E-state index contributed by atoms with van der Waals surface area (Å²) in [5.41, 5.74) is 3.80. The minimum absolute atomic E-state index is 0.258. The largest absolute Gasteiger partial charge is 0.497 e. The quantitative estimate of drug-likeness (QED) is 0.613. The SMILES string of the molecule is COc1ccc(C2=NN(c3ccccc3)[C@H]3C(=O)N(c4ccc(C)cc4)C(=O)[C@@H]23)cc1. The van der Waals surface area contributed by atoms with Crippen LogP contribution in [0.3, 0.4) is 0 Å². The summed E-state index contributed by atoms with van der Waals surface area (Å²) in [6.45, 7) is 1.97. The Labute approximate surface area is 180 Å². The topological polar surface area (TPSA) is 62.2 Å². The van der Waals surface area contributed by atoms with Gasteiger partial charge in [0.25, 0.3) is 5.91 Å². The fourth-order valence-electron chi connectivity index (χ4n) is 4.16. The normalized spacial score (nSPS) is 20.1. The minimum Gasteiger partial charge on any atom is -0.497 e. The summed E-state index contributed by atoms with van der Waals surface area (Å²) in [7, 11) is 1.61. The van der Waals surface area contributed by atoms with Gasteiger partial charge in [-0.15, -0.1) is 0 Å². The third kappa shape index (κ3) is 3.08. The molecular formula is C25H21N3O3. The molecule has 0 bridgehead atoms. The van der Waals surface area contributed by atoms with E-state index in [-0.39, 0.29) is 11.8 Å². The van der Waals surface area contributed by atoms with E-state index in [1.807, 2.05) is 85.8 Å². The Kier molecular flexibility index (Phi) is 4.55. The van der Waals surface area contributed by atoms with Crippen LogP contribution in [0.25, 0.3) is 0 Å². The van der Waals surface area contributed by atoms with Gasteiger partial charge in [-0.05, 0) is 61.0 Å². The first-order valence-electron chi connectivity index (χ1n) is 10.1. The molecule has 2 aliphatic heterocycles. The average molecular weight is 411 g/mol. The first-order chi connectivity index (χ1) is 15.1. The summed E-state index contributed by atoms with van der Waals surface area (Å²) in [6, 6.07) is 23.6. The van der Waals surface area contributed by atoms with Crippen LogP contribution in [0.15, 0.2) is 84.0 Å². The molecule has 0 aliphatic carbocycles. The molecule has 2 amide bonds. The number of nitrogens with zero attached hydrogens (tertiary/aromatic N) is 3. The van der Waals surface area contributed by atoms with Crippen molar-refractivity contribution in [3.63, 3.8) is 0 Å². The summed E-state index contributed by atoms with van der Waals surface area (Å²) in [5, 5.41) is 6.43. The van der Waals surface area contributed by atoms with Gasteiger partial charge in [0.1, 0.15) is 17.7 Å². The molecule has 2 aliphatic rings. The Bertz CT molecular complexity index is 1170. The van der Waals surface area contributed by atoms with E-state index < -0.39 is 12.0 Å². The number of ether oxygens (including phenoxy) is 1. The lowest BCUT2D eigenvalue weighted by atomic mass is 9.92. The molecule has 2 heterocycles. The van der Waals surface area contributed by atoms with Crippen LogP contribution in [0.5, 0.6) is 5.75 Å². The molecule has 0 aromatic heterocycles. The lowest BCUT2D eigenvalue weighted by molar-refractivity contribution is -0.121. The second-order valence-electron chi connectivity index (χ2n) is 7.66. The van der Waals surface area contributed by atoms with Gasteiger partial charge in [0.05, 0.1) is 24.2 Å². The third-order valence-corrected chi connectivity index (χ3v) is 5.75. The maximum atomic E-state index is 13.5. The van der Waals surface area contributed by atoms with Crippen molar-refractivity contribution < 1.29 is 14.3 Å². The molecule has 0 N–H and O–H groups in total. The molecule has 1 fully saturated rings. The molecule has 0 radical (unpaired) electrons. The zero-order valence-electron chi connectivity index (χ0n) is 17.2. The number of rotatable bonds is 4. The van der Waals surface area contributed by atoms with Crippen LogP contribution in [0.2, 0.25) is 0 Å². The number of hydrazone groups is 1. The standard InChI is InChI=1S/C25H21N3O3/c1-16-8-12-18(13-9-16)27-24(29)21-22(17-10-14-20(31-2)15-11-17)26-28(23(21)25(27)30)19-6-4-3-5-7-19/h3-15,21,23H,1-2H3/t21-,23+/m0/s1. The van der Waals surface area contributed by atoms with E-state index in [1.54, 1.807) is 12.1 Å². The first-order valence-corrected chi connectivity index (χ1v) is 10.1. The van der Waals surface area contributed by atoms with Gasteiger partial charge in [0, 0.05) is 0 Å². The molecule has 1 saturated heterocycles. The molecule has 2 atom stereocenters. The first kappa shape index (κ1) is 19.1. The Balaban J connectivity index is 1.61. The van der Waals surface area contributed by atoms with Crippen molar-refractivity contribution in [2.45, 2.75) is 13.0 Å². The number of benzene rings is 3. The number of amides is 2. The number of hydrogen-bond donors (Lipinski definition) is 0. The van der Waals surface area contributed by atoms with Gasteiger partial charge < -0.3 is 4.74 Å². The van der Waals surface area contributed by atoms with Crippen molar-refractivity contribution in [2.24, 2.45) is 11.0 Å². The lowest BCUT2D eigenvalue weighted by Gasteiger charge is -2.22. The smallest absolute Gasteiger partial charge is 0.259 e. The molecule has 0 spiro atoms. The molecular weight excluding hydrogens is 390 g/mol. The van der Waals surface area contributed by atoms with Gasteiger partial charge in [0.2, 0.25) is 5.91 Å². The van der Waals surface area contributed by atoms with Crippen LogP contribution in [0, 0.1) is 12.8 Å². The second kappa shape index (κ2) is 7.40. The van der Waals surface area contributed by atoms with Crippen molar-refractivity contribution in [2.75, 3.05) is 17.0 Å². The van der Waals surface area contributed by atoms with E-state index in [9.17, 15) is 9.59 Å². The Morgan fingerprint density at radius 2 is 1.48 bits per heavy atom. The highest BCUT2D eigenvalue weighted by Gasteiger charge is 2.57. The third-order valence-electron chi connectivity index (χ3n) is 5.75. The fraction of sp³-hybridized carbons (Fsp3) is 0.160. The molecule has 6 heteroatoms. The number of carbonyl (C=O) groups excluding carboxylic acids is 2. The molecule has 6 nitrogen and oxygen atoms in total. The van der Waals surface area contributed by atoms with Gasteiger partial charge in [-0.25, -0.2) is 4.90 Å². The summed E-state index contributed by atoms with van der Waals surface area (Å²) in [5.74, 6) is -0.488. The number of hydrogen-bond acceptors (Lipinski definition) is 5. The Morgan fingerprint density at radius 3 is 2.13 bits per heavy atom. The summed E-state index contributed by atoms with van der Waals surface area (Å²) in [6.07, 6.45) is 0. The highest BCUT2D eigenvalue weighted by Crippen LogP contribution is 2.39. The van der Waals surface area contributed by atoms with Crippen molar-refractivity contribution in [3.8, 4) is 5.75 Å². The molecule has 5 rings (SSSR count). The van der Waals surface area contributed by atoms with E-state index in [0.29, 0.717) is 17.1 Å². The van der Waals surface area contributed by atoms with E-state index in [2.05, 4.69) is 0 Å². The average Bonchev–Trinajstić information content (AvgIpc) is 3.32. The Hall–Kier alpha value is -3.93. The number of methoxy groups -OCH3 is 1. The highest BCUT2D eigenvalue weighted by molar-refractivity contribution is 6.34. The van der Waals surface area contributed by atoms with Gasteiger partial charge in [0.15, 0.2) is 0 Å². The molecule has 0 saturated carbocycles. The molecule has 31 heavy (non-hydrogen) atoms. The Morgan fingerprint density at radius 1 is 0.806 bits per heavy atom. The molecule has 3 aromatic rings. The van der Waals surface area contributed by atoms with Crippen LogP contribution < -0.4 is 14.6 Å². The van der Waals surface area contributed by atoms with Gasteiger partial charge in [-0.3, -0.25) is 14.6 Å². The van der Waals surface area contributed by atoms with Gasteiger partial charge in [-0.2, -0.15) is 5.10 Å². The van der Waals surface area contributed by atoms with Crippen LogP contribution in [-0.4, -0.2) is 30.7 Å². The number of para-hydroxylation sites is 1. The predicted molar refractivity (Wildman–Crippen MR) is 119 cm³/mol. The van der Waals surface area contributed by atoms with Crippen molar-refractivity contribution in [1.82, 2.24) is 0 Å². The molecule has 0 unspecified atom stereocenters. The van der Waals surface area contributed by atoms with Crippen molar-refractivity contribution in [1.29, 1.82) is 0 Å². The number of carbonyl (C=O) groups is 2. The van der Waals surface area contributed by atoms with Crippen LogP contribution in [0.1, 0.15) is 11.1 Å².